The Morgan fingerprint density at radius 3 is 2.56 bits per heavy atom. The number of halogens is 3. The molecule has 0 bridgehead atoms. The minimum atomic E-state index is -1.10. The topological polar surface area (TPSA) is 26.3 Å². The van der Waals surface area contributed by atoms with Gasteiger partial charge in [-0.2, -0.15) is 0 Å². The van der Waals surface area contributed by atoms with E-state index in [1.165, 1.54) is 6.07 Å². The zero-order valence-corrected chi connectivity index (χ0v) is 10.4. The van der Waals surface area contributed by atoms with Crippen LogP contribution < -0.4 is 0 Å². The second kappa shape index (κ2) is 5.02. The summed E-state index contributed by atoms with van der Waals surface area (Å²) in [6, 6.07) is 4.71. The van der Waals surface area contributed by atoms with Crippen LogP contribution in [0.15, 0.2) is 18.2 Å². The molecule has 0 aliphatic rings. The maximum absolute atomic E-state index is 12.0. The fraction of sp³-hybridized carbons (Fsp3) is 0.364. The Morgan fingerprint density at radius 1 is 1.50 bits per heavy atom. The number of carbonyl (C=O) groups is 1. The van der Waals surface area contributed by atoms with Crippen molar-refractivity contribution in [2.24, 2.45) is 0 Å². The average Bonchev–Trinajstić information content (AvgIpc) is 2.27. The molecule has 2 nitrogen and oxygen atoms in total. The molecule has 0 aliphatic heterocycles. The molecule has 0 spiro atoms. The van der Waals surface area contributed by atoms with Gasteiger partial charge in [-0.3, -0.25) is 4.94 Å². The van der Waals surface area contributed by atoms with E-state index in [4.69, 9.17) is 23.2 Å². The van der Waals surface area contributed by atoms with Crippen molar-refractivity contribution in [3.05, 3.63) is 33.8 Å². The highest BCUT2D eigenvalue weighted by Gasteiger charge is 2.37. The minimum absolute atomic E-state index is 0.322. The maximum Gasteiger partial charge on any atom is 0.358 e. The monoisotopic (exact) mass is 264 g/mol. The number of hydrogen-bond acceptors (Lipinski definition) is 2. The van der Waals surface area contributed by atoms with Gasteiger partial charge >= 0.3 is 5.97 Å². The molecule has 88 valence electrons. The van der Waals surface area contributed by atoms with Crippen molar-refractivity contribution in [2.45, 2.75) is 25.7 Å². The number of hydrogen-bond donors (Lipinski definition) is 0. The Balaban J connectivity index is 3.28. The van der Waals surface area contributed by atoms with Crippen LogP contribution in [0, 0.1) is 0 Å². The van der Waals surface area contributed by atoms with Gasteiger partial charge in [0, 0.05) is 14.6 Å². The van der Waals surface area contributed by atoms with Gasteiger partial charge in [0.1, 0.15) is 0 Å². The van der Waals surface area contributed by atoms with Crippen molar-refractivity contribution < 1.29 is 14.3 Å². The molecule has 1 atom stereocenters. The first-order valence-electron chi connectivity index (χ1n) is 4.74. The van der Waals surface area contributed by atoms with Crippen molar-refractivity contribution >= 4 is 29.2 Å². The van der Waals surface area contributed by atoms with Gasteiger partial charge in [0.2, 0.25) is 0 Å². The van der Waals surface area contributed by atoms with E-state index in [1.807, 2.05) is 0 Å². The summed E-state index contributed by atoms with van der Waals surface area (Å²) in [6.07, 6.45) is 0.372. The lowest BCUT2D eigenvalue weighted by molar-refractivity contribution is -0.190. The van der Waals surface area contributed by atoms with Gasteiger partial charge in [0.15, 0.2) is 0 Å². The van der Waals surface area contributed by atoms with Crippen LogP contribution in [-0.2, 0) is 15.2 Å². The highest BCUT2D eigenvalue weighted by atomic mass is 35.5. The third-order valence-electron chi connectivity index (χ3n) is 2.75. The predicted molar refractivity (Wildman–Crippen MR) is 61.3 cm³/mol. The molecular weight excluding hydrogens is 254 g/mol. The van der Waals surface area contributed by atoms with E-state index in [1.54, 1.807) is 26.0 Å². The largest absolute Gasteiger partial charge is 0.358 e. The standard InChI is InChI=1S/C11H11Cl2FO2/c1-3-11(2,10(15)16-14)8-5-4-7(12)6-9(8)13/h4-6H,3H2,1-2H3. The zero-order chi connectivity index (χ0) is 12.3. The molecular formula is C11H11Cl2FO2. The molecule has 0 heterocycles. The van der Waals surface area contributed by atoms with Crippen LogP contribution in [0.25, 0.3) is 0 Å². The van der Waals surface area contributed by atoms with Crippen LogP contribution >= 0.6 is 23.2 Å². The lowest BCUT2D eigenvalue weighted by Crippen LogP contribution is -2.32. The summed E-state index contributed by atoms with van der Waals surface area (Å²) in [5.74, 6) is -0.959. The first-order chi connectivity index (χ1) is 7.45. The fourth-order valence-corrected chi connectivity index (χ4v) is 2.08. The van der Waals surface area contributed by atoms with Crippen molar-refractivity contribution in [3.63, 3.8) is 0 Å². The minimum Gasteiger partial charge on any atom is -0.254 e. The first kappa shape index (κ1) is 13.3. The van der Waals surface area contributed by atoms with E-state index in [0.717, 1.165) is 0 Å². The normalized spacial score (nSPS) is 14.3. The van der Waals surface area contributed by atoms with E-state index < -0.39 is 11.4 Å². The summed E-state index contributed by atoms with van der Waals surface area (Å²) in [4.78, 5) is 14.7. The Morgan fingerprint density at radius 2 is 2.12 bits per heavy atom. The van der Waals surface area contributed by atoms with E-state index in [2.05, 4.69) is 4.94 Å². The smallest absolute Gasteiger partial charge is 0.254 e. The Labute approximate surface area is 103 Å². The SMILES string of the molecule is CCC(C)(C(=O)OF)c1ccc(Cl)cc1Cl. The number of carbonyl (C=O) groups excluding carboxylic acids is 1. The summed E-state index contributed by atoms with van der Waals surface area (Å²) in [5, 5.41) is 0.781. The molecule has 0 saturated heterocycles. The summed E-state index contributed by atoms with van der Waals surface area (Å²) >= 11 is 11.7. The molecule has 0 saturated carbocycles. The molecule has 0 fully saturated rings. The van der Waals surface area contributed by atoms with E-state index >= 15 is 0 Å². The van der Waals surface area contributed by atoms with Crippen molar-refractivity contribution in [3.8, 4) is 0 Å². The number of benzene rings is 1. The average molecular weight is 265 g/mol. The molecule has 5 heteroatoms. The Kier molecular flexibility index (Phi) is 4.16. The van der Waals surface area contributed by atoms with Crippen LogP contribution in [0.5, 0.6) is 0 Å². The van der Waals surface area contributed by atoms with E-state index in [9.17, 15) is 9.32 Å². The Bertz CT molecular complexity index is 409. The summed E-state index contributed by atoms with van der Waals surface area (Å²) < 4.78 is 12.0. The molecule has 1 aromatic rings. The molecule has 0 radical (unpaired) electrons. The third-order valence-corrected chi connectivity index (χ3v) is 3.30. The molecule has 1 rings (SSSR count). The van der Waals surface area contributed by atoms with Gasteiger partial charge in [-0.05, 0) is 31.0 Å². The van der Waals surface area contributed by atoms with Crippen molar-refractivity contribution in [2.75, 3.05) is 0 Å². The van der Waals surface area contributed by atoms with E-state index in [0.29, 0.717) is 22.0 Å². The highest BCUT2D eigenvalue weighted by molar-refractivity contribution is 6.35. The van der Waals surface area contributed by atoms with Crippen molar-refractivity contribution in [1.82, 2.24) is 0 Å². The van der Waals surface area contributed by atoms with Crippen LogP contribution in [0.4, 0.5) is 4.53 Å². The molecule has 1 aromatic carbocycles. The highest BCUT2D eigenvalue weighted by Crippen LogP contribution is 2.35. The summed E-state index contributed by atoms with van der Waals surface area (Å²) in [7, 11) is 0. The van der Waals surface area contributed by atoms with Gasteiger partial charge in [-0.25, -0.2) is 4.79 Å². The predicted octanol–water partition coefficient (Wildman–Crippen LogP) is 4.09. The van der Waals surface area contributed by atoms with Gasteiger partial charge in [-0.1, -0.05) is 36.2 Å². The zero-order valence-electron chi connectivity index (χ0n) is 8.89. The van der Waals surface area contributed by atoms with Gasteiger partial charge in [-0.15, -0.1) is 0 Å². The van der Waals surface area contributed by atoms with Gasteiger partial charge < -0.3 is 0 Å². The summed E-state index contributed by atoms with van der Waals surface area (Å²) in [5.41, 5.74) is -0.597. The van der Waals surface area contributed by atoms with Crippen LogP contribution in [0.3, 0.4) is 0 Å². The lowest BCUT2D eigenvalue weighted by atomic mass is 9.80. The molecule has 0 aliphatic carbocycles. The van der Waals surface area contributed by atoms with E-state index in [-0.39, 0.29) is 0 Å². The maximum atomic E-state index is 12.0. The Hall–Kier alpha value is -0.800. The van der Waals surface area contributed by atoms with Crippen LogP contribution in [0.1, 0.15) is 25.8 Å². The van der Waals surface area contributed by atoms with Crippen molar-refractivity contribution in [1.29, 1.82) is 0 Å². The molecule has 0 N–H and O–H groups in total. The molecule has 16 heavy (non-hydrogen) atoms. The molecule has 0 amide bonds. The quantitative estimate of drug-likeness (QED) is 0.822. The number of rotatable bonds is 3. The fourth-order valence-electron chi connectivity index (χ4n) is 1.47. The van der Waals surface area contributed by atoms with Crippen LogP contribution in [-0.4, -0.2) is 5.97 Å². The van der Waals surface area contributed by atoms with Crippen LogP contribution in [0.2, 0.25) is 10.0 Å². The van der Waals surface area contributed by atoms with Gasteiger partial charge in [0.05, 0.1) is 5.41 Å². The molecule has 0 aromatic heterocycles. The second-order valence-corrected chi connectivity index (χ2v) is 4.52. The van der Waals surface area contributed by atoms with Gasteiger partial charge in [0.25, 0.3) is 0 Å². The first-order valence-corrected chi connectivity index (χ1v) is 5.50. The molecule has 1 unspecified atom stereocenters. The third kappa shape index (κ3) is 2.30. The lowest BCUT2D eigenvalue weighted by Gasteiger charge is -2.24. The summed E-state index contributed by atoms with van der Waals surface area (Å²) in [6.45, 7) is 3.33. The second-order valence-electron chi connectivity index (χ2n) is 3.67.